The number of rotatable bonds is 4. The second-order valence-electron chi connectivity index (χ2n) is 14.6. The SMILES string of the molecule is CC1(C)c2ccccc2-c2c1ccc1c2Oc2cccc(-c3cc(-c4ccc(-n5c6ccccc6c6ccccc65)cc4)nc(-c4ccccc4)n3)c2O1. The van der Waals surface area contributed by atoms with E-state index in [9.17, 15) is 0 Å². The van der Waals surface area contributed by atoms with Crippen LogP contribution in [0.15, 0.2) is 164 Å². The molecule has 0 saturated heterocycles. The van der Waals surface area contributed by atoms with Gasteiger partial charge in [-0.05, 0) is 65.2 Å². The van der Waals surface area contributed by atoms with E-state index >= 15 is 0 Å². The molecule has 0 saturated carbocycles. The summed E-state index contributed by atoms with van der Waals surface area (Å²) in [5.74, 6) is 3.39. The van der Waals surface area contributed by atoms with Crippen molar-refractivity contribution in [1.29, 1.82) is 0 Å². The van der Waals surface area contributed by atoms with Crippen LogP contribution in [0, 0.1) is 0 Å². The van der Waals surface area contributed by atoms with Crippen molar-refractivity contribution in [2.45, 2.75) is 19.3 Å². The minimum Gasteiger partial charge on any atom is -0.449 e. The molecule has 5 nitrogen and oxygen atoms in total. The summed E-state index contributed by atoms with van der Waals surface area (Å²) in [6.45, 7) is 4.55. The van der Waals surface area contributed by atoms with Crippen LogP contribution in [-0.4, -0.2) is 14.5 Å². The molecule has 5 heteroatoms. The third kappa shape index (κ3) is 4.51. The number of aromatic nitrogens is 3. The number of hydrogen-bond donors (Lipinski definition) is 0. The van der Waals surface area contributed by atoms with Crippen molar-refractivity contribution in [3.05, 3.63) is 175 Å². The Morgan fingerprint density at radius 1 is 0.481 bits per heavy atom. The Labute approximate surface area is 312 Å². The Morgan fingerprint density at radius 3 is 1.89 bits per heavy atom. The normalized spacial score (nSPS) is 13.4. The first-order chi connectivity index (χ1) is 26.5. The van der Waals surface area contributed by atoms with Gasteiger partial charge in [0.05, 0.1) is 22.4 Å². The molecule has 0 N–H and O–H groups in total. The van der Waals surface area contributed by atoms with E-state index < -0.39 is 0 Å². The average Bonchev–Trinajstić information content (AvgIpc) is 3.69. The van der Waals surface area contributed by atoms with E-state index in [0.717, 1.165) is 45.1 Å². The Balaban J connectivity index is 1.03. The van der Waals surface area contributed by atoms with Gasteiger partial charge in [0.25, 0.3) is 0 Å². The zero-order valence-corrected chi connectivity index (χ0v) is 29.7. The first-order valence-corrected chi connectivity index (χ1v) is 18.3. The molecular weight excluding hydrogens is 663 g/mol. The highest BCUT2D eigenvalue weighted by molar-refractivity contribution is 6.09. The van der Waals surface area contributed by atoms with E-state index in [2.05, 4.69) is 128 Å². The molecule has 0 spiro atoms. The largest absolute Gasteiger partial charge is 0.449 e. The molecule has 0 radical (unpaired) electrons. The monoisotopic (exact) mass is 695 g/mol. The van der Waals surface area contributed by atoms with Gasteiger partial charge in [0, 0.05) is 44.1 Å². The first-order valence-electron chi connectivity index (χ1n) is 18.3. The van der Waals surface area contributed by atoms with E-state index in [4.69, 9.17) is 19.4 Å². The van der Waals surface area contributed by atoms with E-state index in [-0.39, 0.29) is 5.41 Å². The van der Waals surface area contributed by atoms with Gasteiger partial charge < -0.3 is 14.0 Å². The molecule has 54 heavy (non-hydrogen) atoms. The molecule has 2 aromatic heterocycles. The van der Waals surface area contributed by atoms with E-state index in [0.29, 0.717) is 23.1 Å². The summed E-state index contributed by atoms with van der Waals surface area (Å²) < 4.78 is 15.9. The van der Waals surface area contributed by atoms with E-state index in [1.54, 1.807) is 0 Å². The van der Waals surface area contributed by atoms with Gasteiger partial charge in [-0.25, -0.2) is 9.97 Å². The molecule has 0 amide bonds. The molecule has 0 bridgehead atoms. The summed E-state index contributed by atoms with van der Waals surface area (Å²) in [6, 6.07) is 56.8. The maximum Gasteiger partial charge on any atom is 0.179 e. The summed E-state index contributed by atoms with van der Waals surface area (Å²) >= 11 is 0. The van der Waals surface area contributed by atoms with Crippen LogP contribution >= 0.6 is 0 Å². The van der Waals surface area contributed by atoms with Crippen LogP contribution in [-0.2, 0) is 5.41 Å². The maximum absolute atomic E-state index is 6.80. The van der Waals surface area contributed by atoms with Crippen LogP contribution in [0.1, 0.15) is 25.0 Å². The van der Waals surface area contributed by atoms with Gasteiger partial charge in [-0.15, -0.1) is 0 Å². The van der Waals surface area contributed by atoms with Crippen molar-refractivity contribution in [3.8, 4) is 73.7 Å². The number of ether oxygens (including phenoxy) is 2. The summed E-state index contributed by atoms with van der Waals surface area (Å²) in [4.78, 5) is 10.3. The van der Waals surface area contributed by atoms with Gasteiger partial charge >= 0.3 is 0 Å². The van der Waals surface area contributed by atoms with Gasteiger partial charge in [-0.2, -0.15) is 0 Å². The topological polar surface area (TPSA) is 49.2 Å². The third-order valence-corrected chi connectivity index (χ3v) is 11.1. The second-order valence-corrected chi connectivity index (χ2v) is 14.6. The number of benzene rings is 7. The first kappa shape index (κ1) is 30.6. The minimum absolute atomic E-state index is 0.140. The number of hydrogen-bond acceptors (Lipinski definition) is 4. The molecular formula is C49H33N3O2. The third-order valence-electron chi connectivity index (χ3n) is 11.1. The lowest BCUT2D eigenvalue weighted by molar-refractivity contribution is 0.361. The lowest BCUT2D eigenvalue weighted by atomic mass is 9.82. The van der Waals surface area contributed by atoms with Crippen LogP contribution in [0.4, 0.5) is 0 Å². The van der Waals surface area contributed by atoms with Crippen molar-refractivity contribution in [3.63, 3.8) is 0 Å². The average molecular weight is 696 g/mol. The van der Waals surface area contributed by atoms with Crippen LogP contribution in [0.5, 0.6) is 23.0 Å². The fourth-order valence-electron chi connectivity index (χ4n) is 8.48. The fraction of sp³-hybridized carbons (Fsp3) is 0.0612. The van der Waals surface area contributed by atoms with Crippen LogP contribution in [0.25, 0.3) is 72.5 Å². The molecule has 9 aromatic rings. The lowest BCUT2D eigenvalue weighted by Gasteiger charge is -2.26. The zero-order valence-electron chi connectivity index (χ0n) is 29.7. The highest BCUT2D eigenvalue weighted by Gasteiger charge is 2.39. The molecule has 256 valence electrons. The Hall–Kier alpha value is -6.98. The fourth-order valence-corrected chi connectivity index (χ4v) is 8.48. The van der Waals surface area contributed by atoms with Crippen molar-refractivity contribution in [2.24, 2.45) is 0 Å². The van der Waals surface area contributed by atoms with Gasteiger partial charge in [-0.3, -0.25) is 0 Å². The lowest BCUT2D eigenvalue weighted by Crippen LogP contribution is -2.15. The van der Waals surface area contributed by atoms with Crippen molar-refractivity contribution in [2.75, 3.05) is 0 Å². The van der Waals surface area contributed by atoms with E-state index in [1.807, 2.05) is 54.6 Å². The Morgan fingerprint density at radius 2 is 1.11 bits per heavy atom. The molecule has 11 rings (SSSR count). The molecule has 0 fully saturated rings. The predicted molar refractivity (Wildman–Crippen MR) is 217 cm³/mol. The van der Waals surface area contributed by atoms with Crippen LogP contribution in [0.2, 0.25) is 0 Å². The quantitative estimate of drug-likeness (QED) is 0.184. The van der Waals surface area contributed by atoms with E-state index in [1.165, 1.54) is 38.5 Å². The molecule has 0 unspecified atom stereocenters. The second kappa shape index (κ2) is 11.5. The van der Waals surface area contributed by atoms with Crippen molar-refractivity contribution < 1.29 is 9.47 Å². The number of fused-ring (bicyclic) bond motifs is 9. The zero-order chi connectivity index (χ0) is 36.0. The summed E-state index contributed by atoms with van der Waals surface area (Å²) in [5, 5.41) is 2.48. The van der Waals surface area contributed by atoms with Gasteiger partial charge in [-0.1, -0.05) is 129 Å². The number of nitrogens with zero attached hydrogens (tertiary/aromatic N) is 3. The van der Waals surface area contributed by atoms with Gasteiger partial charge in [0.1, 0.15) is 0 Å². The van der Waals surface area contributed by atoms with Crippen LogP contribution in [0.3, 0.4) is 0 Å². The van der Waals surface area contributed by atoms with Crippen molar-refractivity contribution >= 4 is 21.8 Å². The molecule has 2 aliphatic rings. The van der Waals surface area contributed by atoms with Gasteiger partial charge in [0.2, 0.25) is 0 Å². The molecule has 3 heterocycles. The smallest absolute Gasteiger partial charge is 0.179 e. The summed E-state index contributed by atoms with van der Waals surface area (Å²) in [6.07, 6.45) is 0. The van der Waals surface area contributed by atoms with Gasteiger partial charge in [0.15, 0.2) is 28.8 Å². The molecule has 1 aliphatic heterocycles. The molecule has 7 aromatic carbocycles. The Bertz CT molecular complexity index is 2910. The summed E-state index contributed by atoms with van der Waals surface area (Å²) in [7, 11) is 0. The summed E-state index contributed by atoms with van der Waals surface area (Å²) in [5.41, 5.74) is 12.5. The molecule has 0 atom stereocenters. The predicted octanol–water partition coefficient (Wildman–Crippen LogP) is 12.8. The van der Waals surface area contributed by atoms with Crippen molar-refractivity contribution in [1.82, 2.24) is 14.5 Å². The minimum atomic E-state index is -0.140. The highest BCUT2D eigenvalue weighted by atomic mass is 16.6. The highest BCUT2D eigenvalue weighted by Crippen LogP contribution is 2.59. The van der Waals surface area contributed by atoms with Crippen LogP contribution < -0.4 is 9.47 Å². The Kier molecular flexibility index (Phi) is 6.53. The molecule has 1 aliphatic carbocycles. The standard InChI is InChI=1S/C49H33N3O2/c1-49(2)37-19-9-6-17-35(37)45-38(49)27-28-44-47(45)54-43-22-12-18-36(46(43)53-44)40-29-39(50-48(51-40)31-13-4-3-5-14-31)30-23-25-32(26-24-30)52-41-20-10-7-15-33(41)34-16-8-11-21-42(34)52/h3-29H,1-2H3. The maximum atomic E-state index is 6.80. The number of para-hydroxylation sites is 3.